The number of nitrogens with two attached hydrogens (primary N) is 1. The van der Waals surface area contributed by atoms with E-state index in [1.807, 2.05) is 32.0 Å². The van der Waals surface area contributed by atoms with Crippen molar-refractivity contribution in [3.8, 4) is 5.69 Å². The van der Waals surface area contributed by atoms with E-state index in [0.29, 0.717) is 27.6 Å². The first-order valence-corrected chi connectivity index (χ1v) is 12.1. The minimum Gasteiger partial charge on any atom is -0.321 e. The average Bonchev–Trinajstić information content (AvgIpc) is 3.29. The molecule has 0 unspecified atom stereocenters. The molecule has 0 bridgehead atoms. The van der Waals surface area contributed by atoms with Crippen LogP contribution < -0.4 is 10.5 Å². The summed E-state index contributed by atoms with van der Waals surface area (Å²) in [7, 11) is -3.90. The summed E-state index contributed by atoms with van der Waals surface area (Å²) in [5, 5.41) is 14.0. The molecule has 0 aliphatic rings. The van der Waals surface area contributed by atoms with Gasteiger partial charge < -0.3 is 5.32 Å². The SMILES string of the molecule is CCc1ccc(NC(=O)c2cc3c(C)nn(-c4ccccc4Cl)c3s2)cc1S(N)(=O)=O. The molecule has 0 radical (unpaired) electrons. The number of sulfonamides is 1. The number of rotatable bonds is 5. The summed E-state index contributed by atoms with van der Waals surface area (Å²) in [4.78, 5) is 14.2. The van der Waals surface area contributed by atoms with Gasteiger partial charge in [-0.15, -0.1) is 11.3 Å². The molecular weight excluding hydrogens is 456 g/mol. The molecule has 31 heavy (non-hydrogen) atoms. The number of para-hydroxylation sites is 1. The van der Waals surface area contributed by atoms with Crippen LogP contribution in [0.1, 0.15) is 27.9 Å². The van der Waals surface area contributed by atoms with Gasteiger partial charge in [0.2, 0.25) is 10.0 Å². The summed E-state index contributed by atoms with van der Waals surface area (Å²) < 4.78 is 25.5. The first-order valence-electron chi connectivity index (χ1n) is 9.40. The Morgan fingerprint density at radius 3 is 2.65 bits per heavy atom. The van der Waals surface area contributed by atoms with E-state index < -0.39 is 10.0 Å². The lowest BCUT2D eigenvalue weighted by Crippen LogP contribution is -2.16. The number of nitrogens with one attached hydrogen (secondary N) is 1. The Labute approximate surface area is 188 Å². The molecule has 0 atom stereocenters. The highest BCUT2D eigenvalue weighted by molar-refractivity contribution is 7.89. The second-order valence-electron chi connectivity index (χ2n) is 6.95. The van der Waals surface area contributed by atoms with Gasteiger partial charge in [0.05, 0.1) is 26.2 Å². The van der Waals surface area contributed by atoms with Crippen LogP contribution in [0.3, 0.4) is 0 Å². The van der Waals surface area contributed by atoms with Crippen LogP contribution in [-0.2, 0) is 16.4 Å². The van der Waals surface area contributed by atoms with E-state index in [-0.39, 0.29) is 10.8 Å². The van der Waals surface area contributed by atoms with Crippen molar-refractivity contribution in [3.05, 3.63) is 69.7 Å². The first kappa shape index (κ1) is 21.5. The number of carbonyl (C=O) groups excluding carboxylic acids is 1. The van der Waals surface area contributed by atoms with Crippen molar-refractivity contribution in [1.29, 1.82) is 0 Å². The third-order valence-corrected chi connectivity index (χ3v) is 7.28. The van der Waals surface area contributed by atoms with Gasteiger partial charge >= 0.3 is 0 Å². The number of hydrogen-bond donors (Lipinski definition) is 2. The Hall–Kier alpha value is -2.72. The summed E-state index contributed by atoms with van der Waals surface area (Å²) in [6, 6.07) is 13.8. The van der Waals surface area contributed by atoms with E-state index in [1.54, 1.807) is 28.9 Å². The lowest BCUT2D eigenvalue weighted by atomic mass is 10.1. The molecule has 0 saturated carbocycles. The van der Waals surface area contributed by atoms with E-state index in [4.69, 9.17) is 16.7 Å². The number of fused-ring (bicyclic) bond motifs is 1. The Morgan fingerprint density at radius 2 is 1.97 bits per heavy atom. The zero-order chi connectivity index (χ0) is 22.3. The summed E-state index contributed by atoms with van der Waals surface area (Å²) in [5.41, 5.74) is 2.45. The predicted molar refractivity (Wildman–Crippen MR) is 124 cm³/mol. The van der Waals surface area contributed by atoms with Crippen LogP contribution in [0, 0.1) is 6.92 Å². The van der Waals surface area contributed by atoms with Gasteiger partial charge in [0.15, 0.2) is 0 Å². The van der Waals surface area contributed by atoms with Crippen molar-refractivity contribution in [2.24, 2.45) is 5.14 Å². The zero-order valence-electron chi connectivity index (χ0n) is 16.7. The zero-order valence-corrected chi connectivity index (χ0v) is 19.1. The minimum absolute atomic E-state index is 0.00865. The molecule has 2 heterocycles. The predicted octanol–water partition coefficient (Wildman–Crippen LogP) is 4.51. The van der Waals surface area contributed by atoms with Crippen molar-refractivity contribution >= 4 is 54.8 Å². The molecule has 0 saturated heterocycles. The van der Waals surface area contributed by atoms with E-state index in [2.05, 4.69) is 10.4 Å². The van der Waals surface area contributed by atoms with Crippen LogP contribution in [0.15, 0.2) is 53.4 Å². The topological polar surface area (TPSA) is 107 Å². The highest BCUT2D eigenvalue weighted by Gasteiger charge is 2.19. The van der Waals surface area contributed by atoms with Crippen LogP contribution in [-0.4, -0.2) is 24.1 Å². The van der Waals surface area contributed by atoms with Gasteiger partial charge in [0.1, 0.15) is 4.83 Å². The minimum atomic E-state index is -3.90. The summed E-state index contributed by atoms with van der Waals surface area (Å²) in [5.74, 6) is -0.351. The molecule has 1 amide bonds. The largest absolute Gasteiger partial charge is 0.321 e. The van der Waals surface area contributed by atoms with Gasteiger partial charge in [-0.3, -0.25) is 4.79 Å². The number of carbonyl (C=O) groups is 1. The molecule has 4 aromatic rings. The van der Waals surface area contributed by atoms with Gasteiger partial charge in [0.25, 0.3) is 5.91 Å². The summed E-state index contributed by atoms with van der Waals surface area (Å²) in [6.07, 6.45) is 0.508. The number of halogens is 1. The molecule has 4 rings (SSSR count). The molecule has 2 aromatic carbocycles. The number of amides is 1. The third kappa shape index (κ3) is 4.09. The van der Waals surface area contributed by atoms with E-state index in [9.17, 15) is 13.2 Å². The van der Waals surface area contributed by atoms with Crippen LogP contribution in [0.25, 0.3) is 15.9 Å². The van der Waals surface area contributed by atoms with Crippen molar-refractivity contribution in [3.63, 3.8) is 0 Å². The standard InChI is InChI=1S/C21H19ClN4O3S2/c1-3-13-8-9-14(10-19(13)31(23,28)29)24-20(27)18-11-15-12(2)25-26(21(15)30-18)17-7-5-4-6-16(17)22/h4-11H,3H2,1-2H3,(H,24,27)(H2,23,28,29). The highest BCUT2D eigenvalue weighted by Crippen LogP contribution is 2.33. The average molecular weight is 475 g/mol. The van der Waals surface area contributed by atoms with Crippen molar-refractivity contribution in [2.45, 2.75) is 25.2 Å². The van der Waals surface area contributed by atoms with Crippen molar-refractivity contribution < 1.29 is 13.2 Å². The van der Waals surface area contributed by atoms with Crippen LogP contribution in [0.2, 0.25) is 5.02 Å². The van der Waals surface area contributed by atoms with Gasteiger partial charge in [-0.2, -0.15) is 5.10 Å². The van der Waals surface area contributed by atoms with E-state index in [0.717, 1.165) is 21.6 Å². The quantitative estimate of drug-likeness (QED) is 0.443. The third-order valence-electron chi connectivity index (χ3n) is 4.86. The summed E-state index contributed by atoms with van der Waals surface area (Å²) in [6.45, 7) is 3.70. The maximum atomic E-state index is 12.9. The number of thiophene rings is 1. The first-order chi connectivity index (χ1) is 14.7. The van der Waals surface area contributed by atoms with Gasteiger partial charge in [-0.05, 0) is 49.2 Å². The number of anilines is 1. The lowest BCUT2D eigenvalue weighted by Gasteiger charge is -2.09. The van der Waals surface area contributed by atoms with Gasteiger partial charge in [-0.25, -0.2) is 18.2 Å². The number of hydrogen-bond acceptors (Lipinski definition) is 5. The number of primary sulfonamides is 1. The molecule has 0 fully saturated rings. The van der Waals surface area contributed by atoms with Crippen molar-refractivity contribution in [2.75, 3.05) is 5.32 Å². The van der Waals surface area contributed by atoms with Gasteiger partial charge in [0, 0.05) is 11.1 Å². The molecule has 160 valence electrons. The van der Waals surface area contributed by atoms with Crippen LogP contribution in [0.4, 0.5) is 5.69 Å². The molecule has 0 aliphatic heterocycles. The van der Waals surface area contributed by atoms with Crippen molar-refractivity contribution in [1.82, 2.24) is 9.78 Å². The molecule has 3 N–H and O–H groups in total. The number of aryl methyl sites for hydroxylation is 2. The fourth-order valence-electron chi connectivity index (χ4n) is 3.33. The Morgan fingerprint density at radius 1 is 1.23 bits per heavy atom. The Kier molecular flexibility index (Phi) is 5.61. The van der Waals surface area contributed by atoms with E-state index in [1.165, 1.54) is 17.4 Å². The smallest absolute Gasteiger partial charge is 0.265 e. The molecule has 0 aliphatic carbocycles. The number of aromatic nitrogens is 2. The second-order valence-corrected chi connectivity index (χ2v) is 9.92. The summed E-state index contributed by atoms with van der Waals surface area (Å²) >= 11 is 7.61. The number of nitrogens with zero attached hydrogens (tertiary/aromatic N) is 2. The van der Waals surface area contributed by atoms with Crippen LogP contribution >= 0.6 is 22.9 Å². The maximum absolute atomic E-state index is 12.9. The Balaban J connectivity index is 1.70. The number of benzene rings is 2. The fraction of sp³-hybridized carbons (Fsp3) is 0.143. The molecule has 7 nitrogen and oxygen atoms in total. The van der Waals surface area contributed by atoms with Gasteiger partial charge in [-0.1, -0.05) is 36.7 Å². The normalized spacial score (nSPS) is 11.7. The van der Waals surface area contributed by atoms with Crippen LogP contribution in [0.5, 0.6) is 0 Å². The molecule has 2 aromatic heterocycles. The maximum Gasteiger partial charge on any atom is 0.265 e. The molecule has 10 heteroatoms. The fourth-order valence-corrected chi connectivity index (χ4v) is 5.48. The highest BCUT2D eigenvalue weighted by atomic mass is 35.5. The monoisotopic (exact) mass is 474 g/mol. The lowest BCUT2D eigenvalue weighted by molar-refractivity contribution is 0.103. The molecular formula is C21H19ClN4O3S2. The second kappa shape index (κ2) is 8.08. The Bertz CT molecular complexity index is 1420. The van der Waals surface area contributed by atoms with E-state index >= 15 is 0 Å². The molecule has 0 spiro atoms.